The molecule has 0 aliphatic carbocycles. The third kappa shape index (κ3) is 3.03. The van der Waals surface area contributed by atoms with Gasteiger partial charge in [0.15, 0.2) is 0 Å². The zero-order valence-corrected chi connectivity index (χ0v) is 10.8. The van der Waals surface area contributed by atoms with Gasteiger partial charge in [-0.1, -0.05) is 24.3 Å². The third-order valence-electron chi connectivity index (χ3n) is 3.05. The predicted octanol–water partition coefficient (Wildman–Crippen LogP) is 2.05. The number of phenolic OH excluding ortho intramolecular Hbond substituents is 1. The lowest BCUT2D eigenvalue weighted by molar-refractivity contribution is 0.0932. The highest BCUT2D eigenvalue weighted by Gasteiger charge is 2.14. The molecule has 0 bridgehead atoms. The van der Waals surface area contributed by atoms with Crippen LogP contribution in [0.2, 0.25) is 0 Å². The first-order valence-electron chi connectivity index (χ1n) is 6.25. The number of phenols is 1. The maximum Gasteiger partial charge on any atom is 0.255 e. The van der Waals surface area contributed by atoms with Gasteiger partial charge in [0.25, 0.3) is 5.91 Å². The lowest BCUT2D eigenvalue weighted by Gasteiger charge is -2.13. The van der Waals surface area contributed by atoms with E-state index in [1.54, 1.807) is 12.1 Å². The van der Waals surface area contributed by atoms with Crippen LogP contribution in [0.1, 0.15) is 23.7 Å². The zero-order valence-electron chi connectivity index (χ0n) is 10.8. The Morgan fingerprint density at radius 3 is 2.53 bits per heavy atom. The molecule has 0 spiro atoms. The van der Waals surface area contributed by atoms with Crippen molar-refractivity contribution in [3.05, 3.63) is 42.0 Å². The molecule has 0 aromatic heterocycles. The largest absolute Gasteiger partial charge is 0.507 e. The maximum absolute atomic E-state index is 12.0. The summed E-state index contributed by atoms with van der Waals surface area (Å²) in [5.41, 5.74) is 0.253. The van der Waals surface area contributed by atoms with E-state index >= 15 is 0 Å². The summed E-state index contributed by atoms with van der Waals surface area (Å²) in [7, 11) is 0. The van der Waals surface area contributed by atoms with Crippen LogP contribution in [0.15, 0.2) is 36.4 Å². The van der Waals surface area contributed by atoms with Crippen LogP contribution in [0.5, 0.6) is 5.75 Å². The number of fused-ring (bicyclic) bond motifs is 1. The van der Waals surface area contributed by atoms with Crippen molar-refractivity contribution in [3.8, 4) is 5.75 Å². The number of benzene rings is 2. The lowest BCUT2D eigenvalue weighted by atomic mass is 10.0. The molecule has 1 unspecified atom stereocenters. The van der Waals surface area contributed by atoms with Crippen molar-refractivity contribution >= 4 is 16.7 Å². The fourth-order valence-corrected chi connectivity index (χ4v) is 1.98. The summed E-state index contributed by atoms with van der Waals surface area (Å²) < 4.78 is 0. The molecule has 1 atom stereocenters. The van der Waals surface area contributed by atoms with E-state index in [9.17, 15) is 9.90 Å². The van der Waals surface area contributed by atoms with E-state index < -0.39 is 0 Å². The molecule has 2 rings (SSSR count). The highest BCUT2D eigenvalue weighted by molar-refractivity contribution is 6.01. The van der Waals surface area contributed by atoms with Crippen molar-refractivity contribution in [2.24, 2.45) is 0 Å². The van der Waals surface area contributed by atoms with Gasteiger partial charge < -0.3 is 15.5 Å². The van der Waals surface area contributed by atoms with Crippen LogP contribution >= 0.6 is 0 Å². The highest BCUT2D eigenvalue weighted by Crippen LogP contribution is 2.24. The summed E-state index contributed by atoms with van der Waals surface area (Å²) in [5.74, 6) is -0.364. The van der Waals surface area contributed by atoms with Gasteiger partial charge in [-0.2, -0.15) is 0 Å². The lowest BCUT2D eigenvalue weighted by Crippen LogP contribution is -2.33. The van der Waals surface area contributed by atoms with Gasteiger partial charge in [0, 0.05) is 12.6 Å². The predicted molar refractivity (Wildman–Crippen MR) is 74.2 cm³/mol. The minimum Gasteiger partial charge on any atom is -0.507 e. The molecule has 0 aliphatic rings. The van der Waals surface area contributed by atoms with E-state index in [-0.39, 0.29) is 29.9 Å². The first-order valence-corrected chi connectivity index (χ1v) is 6.25. The van der Waals surface area contributed by atoms with Crippen molar-refractivity contribution in [1.82, 2.24) is 5.32 Å². The number of carbonyl (C=O) groups excluding carboxylic acids is 1. The standard InChI is InChI=1S/C15H17NO3/c1-10(6-7-17)16-15(19)13-8-11-4-2-3-5-12(11)9-14(13)18/h2-5,8-10,17-18H,6-7H2,1H3,(H,16,19). The number of rotatable bonds is 4. The van der Waals surface area contributed by atoms with E-state index in [4.69, 9.17) is 5.11 Å². The van der Waals surface area contributed by atoms with Crippen LogP contribution in [0.25, 0.3) is 10.8 Å². The molecule has 2 aromatic carbocycles. The van der Waals surface area contributed by atoms with Crippen molar-refractivity contribution < 1.29 is 15.0 Å². The SMILES string of the molecule is CC(CCO)NC(=O)c1cc2ccccc2cc1O. The van der Waals surface area contributed by atoms with Gasteiger partial charge >= 0.3 is 0 Å². The molecule has 0 saturated heterocycles. The van der Waals surface area contributed by atoms with E-state index in [1.807, 2.05) is 31.2 Å². The Hall–Kier alpha value is -2.07. The van der Waals surface area contributed by atoms with E-state index in [2.05, 4.69) is 5.32 Å². The van der Waals surface area contributed by atoms with Gasteiger partial charge in [-0.3, -0.25) is 4.79 Å². The van der Waals surface area contributed by atoms with Gasteiger partial charge in [-0.25, -0.2) is 0 Å². The Balaban J connectivity index is 2.29. The average molecular weight is 259 g/mol. The first-order chi connectivity index (χ1) is 9.11. The van der Waals surface area contributed by atoms with Gasteiger partial charge in [-0.15, -0.1) is 0 Å². The summed E-state index contributed by atoms with van der Waals surface area (Å²) in [6.07, 6.45) is 0.486. The van der Waals surface area contributed by atoms with Crippen LogP contribution in [0.3, 0.4) is 0 Å². The second kappa shape index (κ2) is 5.71. The number of hydrogen-bond acceptors (Lipinski definition) is 3. The first kappa shape index (κ1) is 13.4. The molecule has 19 heavy (non-hydrogen) atoms. The maximum atomic E-state index is 12.0. The molecule has 0 fully saturated rings. The van der Waals surface area contributed by atoms with Gasteiger partial charge in [-0.05, 0) is 36.2 Å². The fourth-order valence-electron chi connectivity index (χ4n) is 1.98. The van der Waals surface area contributed by atoms with Gasteiger partial charge in [0.05, 0.1) is 5.56 Å². The van der Waals surface area contributed by atoms with Gasteiger partial charge in [0.1, 0.15) is 5.75 Å². The molecule has 3 N–H and O–H groups in total. The molecular weight excluding hydrogens is 242 g/mol. The average Bonchev–Trinajstić information content (AvgIpc) is 2.38. The topological polar surface area (TPSA) is 69.6 Å². The number of amides is 1. The Kier molecular flexibility index (Phi) is 4.02. The smallest absolute Gasteiger partial charge is 0.255 e. The second-order valence-corrected chi connectivity index (χ2v) is 4.60. The van der Waals surface area contributed by atoms with Crippen LogP contribution in [-0.2, 0) is 0 Å². The van der Waals surface area contributed by atoms with Crippen molar-refractivity contribution in [2.45, 2.75) is 19.4 Å². The van der Waals surface area contributed by atoms with Crippen LogP contribution < -0.4 is 5.32 Å². The Morgan fingerprint density at radius 2 is 1.89 bits per heavy atom. The quantitative estimate of drug-likeness (QED) is 0.787. The Labute approximate surface area is 111 Å². The van der Waals surface area contributed by atoms with E-state index in [0.717, 1.165) is 10.8 Å². The highest BCUT2D eigenvalue weighted by atomic mass is 16.3. The summed E-state index contributed by atoms with van der Waals surface area (Å²) >= 11 is 0. The van der Waals surface area contributed by atoms with Gasteiger partial charge in [0.2, 0.25) is 0 Å². The van der Waals surface area contributed by atoms with Crippen LogP contribution in [0.4, 0.5) is 0 Å². The number of carbonyl (C=O) groups is 1. The molecule has 0 aliphatic heterocycles. The third-order valence-corrected chi connectivity index (χ3v) is 3.05. The molecular formula is C15H17NO3. The minimum atomic E-state index is -0.329. The molecule has 0 radical (unpaired) electrons. The summed E-state index contributed by atoms with van der Waals surface area (Å²) in [6, 6.07) is 10.7. The van der Waals surface area contributed by atoms with E-state index in [0.29, 0.717) is 6.42 Å². The Morgan fingerprint density at radius 1 is 1.26 bits per heavy atom. The number of hydrogen-bond donors (Lipinski definition) is 3. The van der Waals surface area contributed by atoms with Crippen LogP contribution in [-0.4, -0.2) is 28.8 Å². The van der Waals surface area contributed by atoms with E-state index in [1.165, 1.54) is 0 Å². The van der Waals surface area contributed by atoms with Crippen molar-refractivity contribution in [3.63, 3.8) is 0 Å². The molecule has 0 heterocycles. The molecule has 1 amide bonds. The number of aromatic hydroxyl groups is 1. The number of nitrogens with one attached hydrogen (secondary N) is 1. The number of aliphatic hydroxyl groups excluding tert-OH is 1. The summed E-state index contributed by atoms with van der Waals surface area (Å²) in [6.45, 7) is 1.83. The summed E-state index contributed by atoms with van der Waals surface area (Å²) in [4.78, 5) is 12.0. The zero-order chi connectivity index (χ0) is 13.8. The number of aliphatic hydroxyl groups is 1. The minimum absolute atomic E-state index is 0.0190. The van der Waals surface area contributed by atoms with Crippen molar-refractivity contribution in [1.29, 1.82) is 0 Å². The molecule has 4 nitrogen and oxygen atoms in total. The molecule has 2 aromatic rings. The monoisotopic (exact) mass is 259 g/mol. The molecule has 0 saturated carbocycles. The Bertz CT molecular complexity index is 595. The summed E-state index contributed by atoms with van der Waals surface area (Å²) in [5, 5.41) is 23.3. The second-order valence-electron chi connectivity index (χ2n) is 4.60. The normalized spacial score (nSPS) is 12.3. The molecule has 100 valence electrons. The molecule has 4 heteroatoms. The van der Waals surface area contributed by atoms with Crippen molar-refractivity contribution in [2.75, 3.05) is 6.61 Å². The fraction of sp³-hybridized carbons (Fsp3) is 0.267. The van der Waals surface area contributed by atoms with Crippen LogP contribution in [0, 0.1) is 0 Å².